The fraction of sp³-hybridized carbons (Fsp3) is 0.423. The number of halogens is 1. The second-order valence-electron chi connectivity index (χ2n) is 9.52. The van der Waals surface area contributed by atoms with E-state index in [2.05, 4.69) is 32.4 Å². The molecule has 176 valence electrons. The molecule has 7 rings (SSSR count). The summed E-state index contributed by atoms with van der Waals surface area (Å²) in [4.78, 5) is 15.5. The molecule has 3 aliphatic rings. The van der Waals surface area contributed by atoms with Gasteiger partial charge in [-0.25, -0.2) is 14.4 Å². The Morgan fingerprint density at radius 3 is 2.82 bits per heavy atom. The van der Waals surface area contributed by atoms with E-state index in [1.165, 1.54) is 16.5 Å². The van der Waals surface area contributed by atoms with Crippen LogP contribution in [-0.2, 0) is 17.7 Å². The van der Waals surface area contributed by atoms with Crippen molar-refractivity contribution < 1.29 is 13.9 Å². The minimum Gasteiger partial charge on any atom is -0.481 e. The fourth-order valence-electron chi connectivity index (χ4n) is 5.38. The average Bonchev–Trinajstić information content (AvgIpc) is 3.31. The lowest BCUT2D eigenvalue weighted by atomic mass is 9.69. The van der Waals surface area contributed by atoms with Crippen molar-refractivity contribution in [2.24, 2.45) is 0 Å². The van der Waals surface area contributed by atoms with Gasteiger partial charge in [0.15, 0.2) is 0 Å². The summed E-state index contributed by atoms with van der Waals surface area (Å²) in [6, 6.07) is 9.90. The van der Waals surface area contributed by atoms with Crippen molar-refractivity contribution in [3.8, 4) is 5.88 Å². The molecule has 2 aliphatic heterocycles. The van der Waals surface area contributed by atoms with Crippen molar-refractivity contribution >= 4 is 32.6 Å². The molecular formula is C26H27FN4O2S. The quantitative estimate of drug-likeness (QED) is 0.394. The molecule has 6 heterocycles. The Morgan fingerprint density at radius 1 is 1.18 bits per heavy atom. The Labute approximate surface area is 201 Å². The molecular weight excluding hydrogens is 451 g/mol. The highest BCUT2D eigenvalue weighted by molar-refractivity contribution is 7.18. The van der Waals surface area contributed by atoms with E-state index < -0.39 is 0 Å². The van der Waals surface area contributed by atoms with Crippen LogP contribution < -0.4 is 10.1 Å². The van der Waals surface area contributed by atoms with Gasteiger partial charge in [0, 0.05) is 40.2 Å². The second kappa shape index (κ2) is 8.52. The van der Waals surface area contributed by atoms with Gasteiger partial charge in [-0.3, -0.25) is 4.98 Å². The maximum absolute atomic E-state index is 14.7. The SMILES string of the molecule is COc1ccc2ncc(F)c(CCC34CCC(NCc5cc6cccnc6s5)(CC3)CO4)c2n1. The number of nitrogens with zero attached hydrogens (tertiary/aromatic N) is 3. The molecule has 1 aliphatic carbocycles. The zero-order valence-electron chi connectivity index (χ0n) is 19.1. The van der Waals surface area contributed by atoms with Gasteiger partial charge in [-0.1, -0.05) is 6.07 Å². The zero-order valence-corrected chi connectivity index (χ0v) is 20.0. The number of ether oxygens (including phenoxy) is 2. The molecule has 2 bridgehead atoms. The zero-order chi connectivity index (χ0) is 23.2. The first-order chi connectivity index (χ1) is 16.6. The minimum absolute atomic E-state index is 0.0227. The number of fused-ring (bicyclic) bond motifs is 5. The van der Waals surface area contributed by atoms with E-state index in [4.69, 9.17) is 9.47 Å². The molecule has 0 radical (unpaired) electrons. The molecule has 8 heteroatoms. The van der Waals surface area contributed by atoms with Gasteiger partial charge >= 0.3 is 0 Å². The van der Waals surface area contributed by atoms with Crippen molar-refractivity contribution in [1.82, 2.24) is 20.3 Å². The first-order valence-corrected chi connectivity index (χ1v) is 12.6. The van der Waals surface area contributed by atoms with Crippen molar-refractivity contribution in [1.29, 1.82) is 0 Å². The number of rotatable bonds is 7. The molecule has 4 aromatic heterocycles. The first-order valence-electron chi connectivity index (χ1n) is 11.8. The molecule has 1 saturated carbocycles. The normalized spacial score (nSPS) is 24.2. The van der Waals surface area contributed by atoms with E-state index in [1.807, 2.05) is 18.3 Å². The lowest BCUT2D eigenvalue weighted by molar-refractivity contribution is -0.165. The van der Waals surface area contributed by atoms with Crippen LogP contribution in [0.1, 0.15) is 42.5 Å². The number of hydrogen-bond acceptors (Lipinski definition) is 7. The number of thiophene rings is 1. The van der Waals surface area contributed by atoms with E-state index in [9.17, 15) is 4.39 Å². The third kappa shape index (κ3) is 3.93. The van der Waals surface area contributed by atoms with Gasteiger partial charge in [0.25, 0.3) is 0 Å². The summed E-state index contributed by atoms with van der Waals surface area (Å²) in [5, 5.41) is 5.00. The van der Waals surface area contributed by atoms with Crippen LogP contribution in [0.4, 0.5) is 4.39 Å². The maximum atomic E-state index is 14.7. The predicted octanol–water partition coefficient (Wildman–Crippen LogP) is 5.19. The van der Waals surface area contributed by atoms with Crippen LogP contribution in [-0.4, -0.2) is 39.8 Å². The Balaban J connectivity index is 1.12. The topological polar surface area (TPSA) is 69.2 Å². The fourth-order valence-corrected chi connectivity index (χ4v) is 6.32. The molecule has 6 nitrogen and oxygen atoms in total. The monoisotopic (exact) mass is 478 g/mol. The maximum Gasteiger partial charge on any atom is 0.213 e. The van der Waals surface area contributed by atoms with E-state index in [0.29, 0.717) is 35.5 Å². The van der Waals surface area contributed by atoms with Crippen molar-refractivity contribution in [2.45, 2.75) is 56.2 Å². The van der Waals surface area contributed by atoms with Gasteiger partial charge in [0.2, 0.25) is 5.88 Å². The Morgan fingerprint density at radius 2 is 2.06 bits per heavy atom. The summed E-state index contributed by atoms with van der Waals surface area (Å²) >= 11 is 1.75. The van der Waals surface area contributed by atoms with E-state index in [1.54, 1.807) is 24.5 Å². The molecule has 34 heavy (non-hydrogen) atoms. The Bertz CT molecular complexity index is 1300. The van der Waals surface area contributed by atoms with Crippen molar-refractivity contribution in [3.05, 3.63) is 59.0 Å². The molecule has 0 amide bonds. The van der Waals surface area contributed by atoms with Crippen LogP contribution in [0.2, 0.25) is 0 Å². The average molecular weight is 479 g/mol. The second-order valence-corrected chi connectivity index (χ2v) is 10.6. The highest BCUT2D eigenvalue weighted by Crippen LogP contribution is 2.46. The van der Waals surface area contributed by atoms with Crippen LogP contribution in [0.5, 0.6) is 5.88 Å². The van der Waals surface area contributed by atoms with Crippen LogP contribution in [0.25, 0.3) is 21.3 Å². The highest BCUT2D eigenvalue weighted by Gasteiger charge is 2.49. The number of nitrogens with one attached hydrogen (secondary N) is 1. The number of aromatic nitrogens is 3. The number of methoxy groups -OCH3 is 1. The third-order valence-corrected chi connectivity index (χ3v) is 8.59. The van der Waals surface area contributed by atoms with Gasteiger partial charge in [-0.05, 0) is 56.7 Å². The molecule has 1 N–H and O–H groups in total. The molecule has 0 atom stereocenters. The Hall–Kier alpha value is -2.68. The molecule has 4 aromatic rings. The number of hydrogen-bond donors (Lipinski definition) is 1. The van der Waals surface area contributed by atoms with Crippen molar-refractivity contribution in [3.63, 3.8) is 0 Å². The molecule has 3 fully saturated rings. The van der Waals surface area contributed by atoms with Gasteiger partial charge in [-0.15, -0.1) is 11.3 Å². The highest BCUT2D eigenvalue weighted by atomic mass is 32.1. The summed E-state index contributed by atoms with van der Waals surface area (Å²) in [7, 11) is 1.56. The standard InChI is InChI=1S/C26H27FN4O2S/c1-32-22-5-4-21-23(31-22)19(20(27)15-29-21)6-7-26-10-8-25(9-11-26,16-33-26)30-14-18-13-17-3-2-12-28-24(17)34-18/h2-5,12-13,15,30H,6-11,14,16H2,1H3. The Kier molecular flexibility index (Phi) is 5.47. The number of aryl methyl sites for hydroxylation is 1. The first kappa shape index (κ1) is 21.8. The van der Waals surface area contributed by atoms with Gasteiger partial charge in [-0.2, -0.15) is 0 Å². The minimum atomic E-state index is -0.315. The summed E-state index contributed by atoms with van der Waals surface area (Å²) in [6.07, 6.45) is 8.59. The van der Waals surface area contributed by atoms with Crippen LogP contribution in [0.15, 0.2) is 42.7 Å². The summed E-state index contributed by atoms with van der Waals surface area (Å²) in [5.41, 5.74) is 1.69. The summed E-state index contributed by atoms with van der Waals surface area (Å²) in [6.45, 7) is 1.53. The van der Waals surface area contributed by atoms with Gasteiger partial charge < -0.3 is 14.8 Å². The number of pyridine rings is 3. The lowest BCUT2D eigenvalue weighted by Gasteiger charge is -2.53. The van der Waals surface area contributed by atoms with E-state index in [-0.39, 0.29) is 17.0 Å². The lowest BCUT2D eigenvalue weighted by Crippen LogP contribution is -2.61. The van der Waals surface area contributed by atoms with Crippen LogP contribution in [0.3, 0.4) is 0 Å². The van der Waals surface area contributed by atoms with Crippen LogP contribution >= 0.6 is 11.3 Å². The molecule has 0 aromatic carbocycles. The van der Waals surface area contributed by atoms with Crippen molar-refractivity contribution in [2.75, 3.05) is 13.7 Å². The predicted molar refractivity (Wildman–Crippen MR) is 131 cm³/mol. The van der Waals surface area contributed by atoms with E-state index in [0.717, 1.165) is 43.5 Å². The molecule has 2 saturated heterocycles. The third-order valence-electron chi connectivity index (χ3n) is 7.53. The van der Waals surface area contributed by atoms with Crippen LogP contribution in [0, 0.1) is 5.82 Å². The van der Waals surface area contributed by atoms with Gasteiger partial charge in [0.05, 0.1) is 36.5 Å². The summed E-state index contributed by atoms with van der Waals surface area (Å²) in [5.74, 6) is 0.154. The molecule has 0 spiro atoms. The van der Waals surface area contributed by atoms with E-state index >= 15 is 0 Å². The van der Waals surface area contributed by atoms with Gasteiger partial charge in [0.1, 0.15) is 10.6 Å². The summed E-state index contributed by atoms with van der Waals surface area (Å²) < 4.78 is 26.5. The molecule has 0 unspecified atom stereocenters. The largest absolute Gasteiger partial charge is 0.481 e. The smallest absolute Gasteiger partial charge is 0.213 e.